The van der Waals surface area contributed by atoms with Gasteiger partial charge in [0.15, 0.2) is 0 Å². The monoisotopic (exact) mass is 992 g/mol. The van der Waals surface area contributed by atoms with Gasteiger partial charge in [-0.15, -0.1) is 0 Å². The van der Waals surface area contributed by atoms with E-state index in [0.717, 1.165) is 44.4 Å². The van der Waals surface area contributed by atoms with Crippen molar-refractivity contribution in [3.05, 3.63) is 84.7 Å². The Morgan fingerprint density at radius 2 is 0.986 bits per heavy atom. The van der Waals surface area contributed by atoms with Gasteiger partial charge in [-0.2, -0.15) is 0 Å². The van der Waals surface area contributed by atoms with Crippen molar-refractivity contribution in [3.8, 4) is 33.6 Å². The third-order valence-corrected chi connectivity index (χ3v) is 17.3. The Balaban J connectivity index is 0.771. The van der Waals surface area contributed by atoms with Gasteiger partial charge in [0, 0.05) is 43.3 Å². The number of carbonyl (C=O) groups excluding carboxylic acids is 4. The molecule has 4 heterocycles. The maximum absolute atomic E-state index is 14.4. The fourth-order valence-electron chi connectivity index (χ4n) is 12.9. The van der Waals surface area contributed by atoms with E-state index in [0.29, 0.717) is 24.5 Å². The molecule has 72 heavy (non-hydrogen) atoms. The molecule has 380 valence electrons. The van der Waals surface area contributed by atoms with E-state index in [-0.39, 0.29) is 111 Å². The molecule has 7 unspecified atom stereocenters. The minimum atomic E-state index is -2.78. The summed E-state index contributed by atoms with van der Waals surface area (Å²) >= 11 is 0. The number of benzene rings is 3. The lowest BCUT2D eigenvalue weighted by atomic mass is 9.81. The van der Waals surface area contributed by atoms with Crippen LogP contribution in [-0.2, 0) is 19.1 Å². The number of carbonyl (C=O) groups is 4. The number of rotatable bonds is 11. The second kappa shape index (κ2) is 18.2. The summed E-state index contributed by atoms with van der Waals surface area (Å²) in [4.78, 5) is 74.0. The highest BCUT2D eigenvalue weighted by Gasteiger charge is 2.63. The summed E-state index contributed by atoms with van der Waals surface area (Å²) in [6, 6.07) is 17.9. The van der Waals surface area contributed by atoms with Crippen LogP contribution in [-0.4, -0.2) is 104 Å². The third kappa shape index (κ3) is 8.85. The number of H-pyrrole nitrogens is 2. The van der Waals surface area contributed by atoms with E-state index >= 15 is 0 Å². The Bertz CT molecular complexity index is 2890. The zero-order chi connectivity index (χ0) is 50.4. The molecule has 6 fully saturated rings. The van der Waals surface area contributed by atoms with Crippen molar-refractivity contribution in [1.29, 1.82) is 0 Å². The van der Waals surface area contributed by atoms with Gasteiger partial charge in [0.05, 0.1) is 50.1 Å². The molecule has 11 rings (SSSR count). The Hall–Kier alpha value is -6.46. The van der Waals surface area contributed by atoms with Crippen molar-refractivity contribution in [3.63, 3.8) is 0 Å². The predicted molar refractivity (Wildman–Crippen MR) is 258 cm³/mol. The topological polar surface area (TPSA) is 175 Å². The van der Waals surface area contributed by atoms with E-state index in [1.807, 2.05) is 28.0 Å². The quantitative estimate of drug-likeness (QED) is 0.0946. The van der Waals surface area contributed by atoms with Crippen LogP contribution in [0, 0.1) is 35.5 Å². The first kappa shape index (κ1) is 47.8. The zero-order valence-corrected chi connectivity index (χ0v) is 40.7. The molecule has 6 aliphatic rings. The molecule has 3 aromatic carbocycles. The van der Waals surface area contributed by atoms with Crippen LogP contribution >= 0.6 is 0 Å². The summed E-state index contributed by atoms with van der Waals surface area (Å²) in [5, 5.41) is 7.47. The van der Waals surface area contributed by atoms with E-state index in [2.05, 4.69) is 76.9 Å². The number of imidazole rings is 2. The number of likely N-dealkylation sites (tertiary alicyclic amines) is 2. The van der Waals surface area contributed by atoms with Crippen LogP contribution < -0.4 is 10.6 Å². The summed E-state index contributed by atoms with van der Waals surface area (Å²) in [6.45, 7) is 4.21. The highest BCUT2D eigenvalue weighted by molar-refractivity contribution is 5.91. The first-order chi connectivity index (χ1) is 34.5. The number of methoxy groups -OCH3 is 2. The van der Waals surface area contributed by atoms with Crippen molar-refractivity contribution >= 4 is 34.8 Å². The fraction of sp³-hybridized carbons (Fsp3) is 0.519. The molecule has 18 heteroatoms. The van der Waals surface area contributed by atoms with Gasteiger partial charge >= 0.3 is 12.2 Å². The second-order valence-electron chi connectivity index (χ2n) is 21.4. The summed E-state index contributed by atoms with van der Waals surface area (Å²) < 4.78 is 66.4. The lowest BCUT2D eigenvalue weighted by Crippen LogP contribution is -2.54. The Labute approximate surface area is 414 Å². The maximum Gasteiger partial charge on any atom is 0.407 e. The van der Waals surface area contributed by atoms with Crippen molar-refractivity contribution in [2.24, 2.45) is 35.5 Å². The molecular weight excluding hydrogens is 933 g/mol. The highest BCUT2D eigenvalue weighted by Crippen LogP contribution is 2.59. The molecule has 4 saturated carbocycles. The highest BCUT2D eigenvalue weighted by atomic mass is 19.3. The first-order valence-electron chi connectivity index (χ1n) is 25.3. The number of aromatic amines is 2. The smallest absolute Gasteiger partial charge is 0.407 e. The number of halogens is 4. The van der Waals surface area contributed by atoms with Crippen LogP contribution in [0.3, 0.4) is 0 Å². The van der Waals surface area contributed by atoms with Gasteiger partial charge < -0.3 is 39.9 Å². The molecule has 4 amide bonds. The number of hydrogen-bond acceptors (Lipinski definition) is 8. The van der Waals surface area contributed by atoms with Crippen molar-refractivity contribution < 1.29 is 46.2 Å². The number of ether oxygens (including phenoxy) is 2. The van der Waals surface area contributed by atoms with Gasteiger partial charge in [0.2, 0.25) is 23.7 Å². The first-order valence-corrected chi connectivity index (χ1v) is 25.3. The summed E-state index contributed by atoms with van der Waals surface area (Å²) in [5.74, 6) is -4.59. The van der Waals surface area contributed by atoms with Crippen LogP contribution in [0.15, 0.2) is 73.1 Å². The van der Waals surface area contributed by atoms with Gasteiger partial charge in [0.1, 0.15) is 23.7 Å². The number of nitrogens with zero attached hydrogens (tertiary/aromatic N) is 4. The van der Waals surface area contributed by atoms with Gasteiger partial charge in [-0.25, -0.2) is 37.1 Å². The van der Waals surface area contributed by atoms with Crippen LogP contribution in [0.4, 0.5) is 27.2 Å². The fourth-order valence-corrected chi connectivity index (χ4v) is 12.9. The van der Waals surface area contributed by atoms with E-state index in [1.165, 1.54) is 14.2 Å². The number of piperidine rings is 2. The van der Waals surface area contributed by atoms with E-state index < -0.39 is 48.0 Å². The summed E-state index contributed by atoms with van der Waals surface area (Å²) in [7, 11) is 2.45. The van der Waals surface area contributed by atoms with Crippen LogP contribution in [0.25, 0.3) is 44.4 Å². The Kier molecular flexibility index (Phi) is 12.1. The Morgan fingerprint density at radius 1 is 0.597 bits per heavy atom. The molecule has 10 atom stereocenters. The molecule has 2 aliphatic heterocycles. The zero-order valence-electron chi connectivity index (χ0n) is 40.7. The largest absolute Gasteiger partial charge is 0.453 e. The third-order valence-electron chi connectivity index (χ3n) is 17.3. The Morgan fingerprint density at radius 3 is 1.43 bits per heavy atom. The molecule has 4 aliphatic carbocycles. The minimum Gasteiger partial charge on any atom is -0.453 e. The van der Waals surface area contributed by atoms with Crippen LogP contribution in [0.1, 0.15) is 102 Å². The molecule has 2 aromatic heterocycles. The van der Waals surface area contributed by atoms with Crippen LogP contribution in [0.2, 0.25) is 0 Å². The lowest BCUT2D eigenvalue weighted by Gasteiger charge is -2.37. The van der Waals surface area contributed by atoms with Gasteiger partial charge in [-0.05, 0) is 114 Å². The molecule has 0 bridgehead atoms. The molecule has 4 N–H and O–H groups in total. The molecule has 5 aromatic rings. The number of hydrogen-bond donors (Lipinski definition) is 4. The molecule has 0 spiro atoms. The van der Waals surface area contributed by atoms with Gasteiger partial charge in [-0.3, -0.25) is 9.59 Å². The van der Waals surface area contributed by atoms with Crippen LogP contribution in [0.5, 0.6) is 0 Å². The SMILES string of the molecule is COC(=O)NC(C(=O)N1C2C(C)C2C[C@H]1c1ncc(-c2ccc3cc(-c4ccc(-c5cnc([C@@H]6CC7C(C)C7N6C(=O)[C@@H](NC(=O)OC)C6CCC(F)(F)CC6)[nH]5)cc4)ccc3c2)[nH]1)C1CCC(F)(F)CC1. The van der Waals surface area contributed by atoms with Crippen molar-refractivity contribution in [2.45, 2.75) is 126 Å². The number of nitrogens with one attached hydrogen (secondary N) is 4. The average molecular weight is 993 g/mol. The molecule has 0 radical (unpaired) electrons. The van der Waals surface area contributed by atoms with E-state index in [1.54, 1.807) is 12.4 Å². The number of aromatic nitrogens is 4. The van der Waals surface area contributed by atoms with Crippen molar-refractivity contribution in [1.82, 2.24) is 40.4 Å². The summed E-state index contributed by atoms with van der Waals surface area (Å²) in [6.07, 6.45) is 2.60. The number of alkyl carbamates (subject to hydrolysis) is 2. The van der Waals surface area contributed by atoms with Gasteiger partial charge in [-0.1, -0.05) is 62.4 Å². The molecular formula is C54H60F4N8O6. The van der Waals surface area contributed by atoms with E-state index in [4.69, 9.17) is 19.4 Å². The van der Waals surface area contributed by atoms with Gasteiger partial charge in [0.25, 0.3) is 0 Å². The number of alkyl halides is 4. The lowest BCUT2D eigenvalue weighted by molar-refractivity contribution is -0.139. The normalized spacial score (nSPS) is 28.2. The number of amides is 4. The molecule has 14 nitrogen and oxygen atoms in total. The average Bonchev–Trinajstić information content (AvgIpc) is 3.83. The van der Waals surface area contributed by atoms with E-state index in [9.17, 15) is 36.7 Å². The maximum atomic E-state index is 14.4. The predicted octanol–water partition coefficient (Wildman–Crippen LogP) is 10.2. The van der Waals surface area contributed by atoms with Crippen molar-refractivity contribution in [2.75, 3.05) is 14.2 Å². The second-order valence-corrected chi connectivity index (χ2v) is 21.4. The standard InChI is InChI=1S/C54H60F4N8O6/c1-27-37-23-41(65(45(27)37)49(67)43(63-51(69)71-3)31-13-17-53(55,56)18-14-31)47-59-25-39(61-47)30-7-5-29(6-8-30)33-9-10-35-22-36(12-11-34(35)21-33)40-26-60-48(62-40)42-24-38-28(2)46(38)66(42)50(68)44(64-52(70)72-4)32-15-19-54(57,58)20-16-32/h5-12,21-22,25-28,31-32,37-38,41-46H,13-20,23-24H2,1-4H3,(H,59,61)(H,60,62)(H,63,69)(H,64,70)/t27?,28?,37?,38?,41-,42-,43-,44?,45?,46?/m0/s1. The molecule has 2 saturated heterocycles. The summed E-state index contributed by atoms with van der Waals surface area (Å²) in [5.41, 5.74) is 5.46. The number of fused-ring (bicyclic) bond motifs is 3. The minimum absolute atomic E-state index is 0.0221.